The lowest BCUT2D eigenvalue weighted by molar-refractivity contribution is -0.141. The molecule has 2 amide bonds. The van der Waals surface area contributed by atoms with Gasteiger partial charge < -0.3 is 30.1 Å². The molecule has 5 heterocycles. The molecule has 0 spiro atoms. The highest BCUT2D eigenvalue weighted by atomic mass is 32.1. The van der Waals surface area contributed by atoms with Gasteiger partial charge in [-0.25, -0.2) is 4.98 Å². The molecule has 3 aromatic rings. The molecule has 3 N–H and O–H groups in total. The first kappa shape index (κ1) is 33.6. The van der Waals surface area contributed by atoms with Crippen LogP contribution in [0.25, 0.3) is 10.4 Å². The van der Waals surface area contributed by atoms with Crippen LogP contribution in [0.1, 0.15) is 69.0 Å². The number of amides is 2. The summed E-state index contributed by atoms with van der Waals surface area (Å²) in [6.07, 6.45) is 1.91. The summed E-state index contributed by atoms with van der Waals surface area (Å²) in [5.74, 6) is 0.826. The minimum Gasteiger partial charge on any atom is -0.391 e. The molecular weight excluding hydrogens is 614 g/mol. The van der Waals surface area contributed by atoms with Crippen molar-refractivity contribution in [3.05, 3.63) is 52.9 Å². The number of nitrogens with zero attached hydrogens (tertiary/aromatic N) is 5. The molecule has 3 fully saturated rings. The van der Waals surface area contributed by atoms with Crippen LogP contribution in [0, 0.1) is 18.8 Å². The molecule has 3 saturated heterocycles. The van der Waals surface area contributed by atoms with Crippen LogP contribution in [0.5, 0.6) is 0 Å². The Bertz CT molecular complexity index is 1490. The molecule has 0 radical (unpaired) electrons. The second-order valence-corrected chi connectivity index (χ2v) is 14.7. The number of aryl methyl sites for hydroxylation is 1. The quantitative estimate of drug-likeness (QED) is 0.297. The molecule has 6 rings (SSSR count). The predicted molar refractivity (Wildman–Crippen MR) is 183 cm³/mol. The number of carbonyl (C=O) groups excluding carboxylic acids is 2. The van der Waals surface area contributed by atoms with Crippen molar-refractivity contribution in [2.45, 2.75) is 71.1 Å². The van der Waals surface area contributed by atoms with Gasteiger partial charge in [0, 0.05) is 51.8 Å². The minimum absolute atomic E-state index is 0.0915. The zero-order valence-electron chi connectivity index (χ0n) is 28.0. The van der Waals surface area contributed by atoms with Crippen molar-refractivity contribution in [1.82, 2.24) is 30.6 Å². The van der Waals surface area contributed by atoms with Crippen LogP contribution in [0.4, 0.5) is 5.82 Å². The molecule has 4 atom stereocenters. The molecule has 254 valence electrons. The van der Waals surface area contributed by atoms with Gasteiger partial charge in [-0.3, -0.25) is 14.5 Å². The Morgan fingerprint density at radius 1 is 1.11 bits per heavy atom. The lowest BCUT2D eigenvalue weighted by Crippen LogP contribution is -2.49. The van der Waals surface area contributed by atoms with Crippen molar-refractivity contribution < 1.29 is 19.2 Å². The van der Waals surface area contributed by atoms with Crippen molar-refractivity contribution >= 4 is 29.0 Å². The lowest BCUT2D eigenvalue weighted by atomic mass is 9.91. The second kappa shape index (κ2) is 14.8. The molecule has 3 aliphatic heterocycles. The standard InChI is InChI=1S/C35H49N7O4S/c1-22(2)32(30-18-31(39-46-30)41-15-13-40(14-16-41)19-25-9-11-36-12-10-25)35(45)42-20-28(43)17-29(42)34(44)38-23(3)26-5-7-27(8-6-26)33-24(4)37-21-47-33/h5-8,18,21-23,25,28-29,32,36,43H,9-17,19-20H2,1-4H3,(H,38,44)/t23?,28-,29+,32?/m1/s1. The summed E-state index contributed by atoms with van der Waals surface area (Å²) in [6.45, 7) is 15.1. The van der Waals surface area contributed by atoms with Crippen LogP contribution >= 0.6 is 11.3 Å². The fourth-order valence-corrected chi connectivity index (χ4v) is 8.09. The summed E-state index contributed by atoms with van der Waals surface area (Å²) < 4.78 is 5.83. The number of benzene rings is 1. The van der Waals surface area contributed by atoms with Crippen LogP contribution < -0.4 is 15.5 Å². The monoisotopic (exact) mass is 663 g/mol. The van der Waals surface area contributed by atoms with Crippen LogP contribution in [-0.4, -0.2) is 101 Å². The van der Waals surface area contributed by atoms with E-state index < -0.39 is 18.1 Å². The molecule has 11 nitrogen and oxygen atoms in total. The lowest BCUT2D eigenvalue weighted by Gasteiger charge is -2.37. The number of rotatable bonds is 10. The Hall–Kier alpha value is -3.32. The normalized spacial score (nSPS) is 22.5. The summed E-state index contributed by atoms with van der Waals surface area (Å²) in [5.41, 5.74) is 4.89. The molecule has 47 heavy (non-hydrogen) atoms. The summed E-state index contributed by atoms with van der Waals surface area (Å²) in [4.78, 5) is 39.5. The van der Waals surface area contributed by atoms with Gasteiger partial charge in [0.1, 0.15) is 12.0 Å². The maximum Gasteiger partial charge on any atom is 0.243 e. The largest absolute Gasteiger partial charge is 0.391 e. The van der Waals surface area contributed by atoms with Crippen LogP contribution in [-0.2, 0) is 9.59 Å². The molecule has 1 aromatic carbocycles. The third kappa shape index (κ3) is 7.72. The fraction of sp³-hybridized carbons (Fsp3) is 0.600. The Kier molecular flexibility index (Phi) is 10.6. The second-order valence-electron chi connectivity index (χ2n) is 13.8. The number of aliphatic hydroxyl groups is 1. The molecule has 2 unspecified atom stereocenters. The third-order valence-corrected chi connectivity index (χ3v) is 11.0. The zero-order chi connectivity index (χ0) is 33.1. The number of anilines is 1. The van der Waals surface area contributed by atoms with Gasteiger partial charge in [-0.05, 0) is 62.7 Å². The van der Waals surface area contributed by atoms with Crippen molar-refractivity contribution in [3.8, 4) is 10.4 Å². The predicted octanol–water partition coefficient (Wildman–Crippen LogP) is 3.81. The van der Waals surface area contributed by atoms with E-state index in [2.05, 4.69) is 30.6 Å². The van der Waals surface area contributed by atoms with E-state index in [1.54, 1.807) is 11.3 Å². The third-order valence-electron chi connectivity index (χ3n) is 10.1. The van der Waals surface area contributed by atoms with Crippen molar-refractivity contribution in [1.29, 1.82) is 0 Å². The molecule has 0 saturated carbocycles. The number of hydrogen-bond donors (Lipinski definition) is 3. The summed E-state index contributed by atoms with van der Waals surface area (Å²) >= 11 is 1.61. The zero-order valence-corrected chi connectivity index (χ0v) is 28.8. The van der Waals surface area contributed by atoms with Crippen LogP contribution in [0.3, 0.4) is 0 Å². The van der Waals surface area contributed by atoms with Crippen molar-refractivity contribution in [2.24, 2.45) is 11.8 Å². The van der Waals surface area contributed by atoms with Gasteiger partial charge in [0.05, 0.1) is 28.2 Å². The number of piperidine rings is 1. The molecule has 2 aromatic heterocycles. The number of likely N-dealkylation sites (tertiary alicyclic amines) is 1. The maximum atomic E-state index is 14.1. The first-order valence-corrected chi connectivity index (χ1v) is 18.0. The van der Waals surface area contributed by atoms with Crippen LogP contribution in [0.2, 0.25) is 0 Å². The first-order valence-electron chi connectivity index (χ1n) is 17.1. The van der Waals surface area contributed by atoms with Gasteiger partial charge >= 0.3 is 0 Å². The molecule has 12 heteroatoms. The number of thiazole rings is 1. The molecule has 3 aliphatic rings. The van der Waals surface area contributed by atoms with E-state index >= 15 is 0 Å². The topological polar surface area (TPSA) is 127 Å². The van der Waals surface area contributed by atoms with E-state index in [-0.39, 0.29) is 36.7 Å². The Balaban J connectivity index is 1.08. The van der Waals surface area contributed by atoms with E-state index in [4.69, 9.17) is 4.52 Å². The minimum atomic E-state index is -0.772. The molecular formula is C35H49N7O4S. The van der Waals surface area contributed by atoms with E-state index in [0.717, 1.165) is 79.2 Å². The first-order chi connectivity index (χ1) is 22.7. The van der Waals surface area contributed by atoms with E-state index in [9.17, 15) is 14.7 Å². The number of carbonyl (C=O) groups is 2. The summed E-state index contributed by atoms with van der Waals surface area (Å²) in [6, 6.07) is 8.96. The van der Waals surface area contributed by atoms with Crippen LogP contribution in [0.15, 0.2) is 40.4 Å². The summed E-state index contributed by atoms with van der Waals surface area (Å²) in [7, 11) is 0. The summed E-state index contributed by atoms with van der Waals surface area (Å²) in [5, 5.41) is 21.5. The molecule has 0 bridgehead atoms. The number of aromatic nitrogens is 2. The van der Waals surface area contributed by atoms with Gasteiger partial charge in [0.25, 0.3) is 0 Å². The van der Waals surface area contributed by atoms with Gasteiger partial charge in [0.15, 0.2) is 11.6 Å². The number of piperazine rings is 1. The highest BCUT2D eigenvalue weighted by Gasteiger charge is 2.43. The number of nitrogens with one attached hydrogen (secondary N) is 2. The number of β-amino-alcohol motifs (C(OH)–C–C–N with tert-alkyl or cyclic N) is 1. The van der Waals surface area contributed by atoms with Gasteiger partial charge in [-0.1, -0.05) is 43.3 Å². The van der Waals surface area contributed by atoms with E-state index in [1.807, 2.05) is 63.5 Å². The average Bonchev–Trinajstić information content (AvgIpc) is 3.82. The fourth-order valence-electron chi connectivity index (χ4n) is 7.28. The van der Waals surface area contributed by atoms with Crippen molar-refractivity contribution in [3.63, 3.8) is 0 Å². The Morgan fingerprint density at radius 2 is 1.83 bits per heavy atom. The van der Waals surface area contributed by atoms with Gasteiger partial charge in [-0.15, -0.1) is 11.3 Å². The van der Waals surface area contributed by atoms with E-state index in [1.165, 1.54) is 17.7 Å². The highest BCUT2D eigenvalue weighted by Crippen LogP contribution is 2.33. The number of hydrogen-bond acceptors (Lipinski definition) is 10. The Morgan fingerprint density at radius 3 is 2.49 bits per heavy atom. The average molecular weight is 664 g/mol. The SMILES string of the molecule is Cc1ncsc1-c1ccc(C(C)NC(=O)[C@@H]2C[C@@H](O)CN2C(=O)C(c2cc(N3CCN(CC4CCNCC4)CC3)no2)C(C)C)cc1. The number of aliphatic hydroxyl groups excluding tert-OH is 1. The van der Waals surface area contributed by atoms with Crippen molar-refractivity contribution in [2.75, 3.05) is 57.3 Å². The Labute approximate surface area is 281 Å². The highest BCUT2D eigenvalue weighted by molar-refractivity contribution is 7.13. The van der Waals surface area contributed by atoms with E-state index in [0.29, 0.717) is 5.76 Å². The maximum absolute atomic E-state index is 14.1. The van der Waals surface area contributed by atoms with Gasteiger partial charge in [-0.2, -0.15) is 0 Å². The molecule has 0 aliphatic carbocycles. The smallest absolute Gasteiger partial charge is 0.243 e. The van der Waals surface area contributed by atoms with Gasteiger partial charge in [0.2, 0.25) is 11.8 Å².